The Labute approximate surface area is 150 Å². The van der Waals surface area contributed by atoms with Crippen LogP contribution in [0, 0.1) is 5.92 Å². The first kappa shape index (κ1) is 18.0. The number of aromatic nitrogens is 1. The lowest BCUT2D eigenvalue weighted by Crippen LogP contribution is -2.50. The molecule has 1 aliphatic heterocycles. The number of nitrogens with zero attached hydrogens (tertiary/aromatic N) is 3. The highest BCUT2D eigenvalue weighted by Crippen LogP contribution is 2.25. The normalized spacial score (nSPS) is 24.8. The summed E-state index contributed by atoms with van der Waals surface area (Å²) in [6.45, 7) is 2.46. The van der Waals surface area contributed by atoms with Crippen LogP contribution in [-0.2, 0) is 0 Å². The van der Waals surface area contributed by atoms with E-state index in [0.717, 1.165) is 57.4 Å². The Morgan fingerprint density at radius 2 is 2.04 bits per heavy atom. The third kappa shape index (κ3) is 4.84. The molecule has 1 aromatic rings. The summed E-state index contributed by atoms with van der Waals surface area (Å²) in [6, 6.07) is 6.16. The van der Waals surface area contributed by atoms with Crippen LogP contribution in [0.15, 0.2) is 24.4 Å². The van der Waals surface area contributed by atoms with Gasteiger partial charge < -0.3 is 20.2 Å². The van der Waals surface area contributed by atoms with E-state index < -0.39 is 0 Å². The average Bonchev–Trinajstić information content (AvgIpc) is 2.65. The zero-order chi connectivity index (χ0) is 17.6. The highest BCUT2D eigenvalue weighted by atomic mass is 16.3. The van der Waals surface area contributed by atoms with E-state index in [0.29, 0.717) is 6.54 Å². The summed E-state index contributed by atoms with van der Waals surface area (Å²) in [5, 5.41) is 13.2. The number of carbonyl (C=O) groups is 1. The van der Waals surface area contributed by atoms with Crippen molar-refractivity contribution in [1.29, 1.82) is 0 Å². The van der Waals surface area contributed by atoms with E-state index in [4.69, 9.17) is 0 Å². The van der Waals surface area contributed by atoms with Crippen molar-refractivity contribution in [3.05, 3.63) is 24.4 Å². The summed E-state index contributed by atoms with van der Waals surface area (Å²) in [6.07, 6.45) is 7.56. The Kier molecular flexibility index (Phi) is 6.13. The molecule has 6 heteroatoms. The van der Waals surface area contributed by atoms with Crippen LogP contribution in [0.1, 0.15) is 38.5 Å². The number of amides is 2. The van der Waals surface area contributed by atoms with Gasteiger partial charge in [-0.05, 0) is 37.8 Å². The molecular formula is C19H30N4O2. The summed E-state index contributed by atoms with van der Waals surface area (Å²) in [7, 11) is 1.83. The van der Waals surface area contributed by atoms with Crippen LogP contribution in [0.25, 0.3) is 0 Å². The molecule has 2 heterocycles. The van der Waals surface area contributed by atoms with E-state index in [9.17, 15) is 9.90 Å². The lowest BCUT2D eigenvalue weighted by molar-refractivity contribution is 0.0562. The quantitative estimate of drug-likeness (QED) is 0.877. The number of aliphatic hydroxyl groups is 1. The number of anilines is 1. The maximum absolute atomic E-state index is 12.5. The van der Waals surface area contributed by atoms with Gasteiger partial charge in [-0.2, -0.15) is 0 Å². The number of urea groups is 1. The van der Waals surface area contributed by atoms with E-state index in [2.05, 4.69) is 15.2 Å². The zero-order valence-corrected chi connectivity index (χ0v) is 15.1. The van der Waals surface area contributed by atoms with E-state index in [1.165, 1.54) is 0 Å². The van der Waals surface area contributed by atoms with Gasteiger partial charge in [-0.15, -0.1) is 0 Å². The van der Waals surface area contributed by atoms with Crippen LogP contribution in [0.4, 0.5) is 10.6 Å². The van der Waals surface area contributed by atoms with Crippen molar-refractivity contribution in [2.24, 2.45) is 5.92 Å². The first-order chi connectivity index (χ1) is 12.1. The van der Waals surface area contributed by atoms with Gasteiger partial charge in [0.25, 0.3) is 0 Å². The summed E-state index contributed by atoms with van der Waals surface area (Å²) in [5.41, 5.74) is 0. The molecule has 1 aliphatic carbocycles. The molecule has 0 radical (unpaired) electrons. The lowest BCUT2D eigenvalue weighted by Gasteiger charge is -2.35. The molecule has 3 rings (SSSR count). The van der Waals surface area contributed by atoms with E-state index >= 15 is 0 Å². The second kappa shape index (κ2) is 8.52. The average molecular weight is 346 g/mol. The minimum atomic E-state index is -0.259. The van der Waals surface area contributed by atoms with Crippen LogP contribution in [0.5, 0.6) is 0 Å². The second-order valence-corrected chi connectivity index (χ2v) is 7.39. The number of pyridine rings is 1. The fourth-order valence-electron chi connectivity index (χ4n) is 3.91. The molecule has 2 unspecified atom stereocenters. The fraction of sp³-hybridized carbons (Fsp3) is 0.684. The predicted octanol–water partition coefficient (Wildman–Crippen LogP) is 2.24. The van der Waals surface area contributed by atoms with Crippen LogP contribution in [0.2, 0.25) is 0 Å². The van der Waals surface area contributed by atoms with Crippen LogP contribution in [0.3, 0.4) is 0 Å². The van der Waals surface area contributed by atoms with Crippen molar-refractivity contribution < 1.29 is 9.90 Å². The molecule has 138 valence electrons. The Morgan fingerprint density at radius 3 is 2.72 bits per heavy atom. The first-order valence-electron chi connectivity index (χ1n) is 9.49. The van der Waals surface area contributed by atoms with Crippen molar-refractivity contribution in [2.45, 2.75) is 50.7 Å². The maximum Gasteiger partial charge on any atom is 0.317 e. The molecule has 25 heavy (non-hydrogen) atoms. The highest BCUT2D eigenvalue weighted by molar-refractivity contribution is 5.74. The molecule has 0 bridgehead atoms. The van der Waals surface area contributed by atoms with E-state index in [-0.39, 0.29) is 24.1 Å². The second-order valence-electron chi connectivity index (χ2n) is 7.39. The molecule has 0 spiro atoms. The Hall–Kier alpha value is -1.82. The summed E-state index contributed by atoms with van der Waals surface area (Å²) in [5.74, 6) is 1.23. The molecule has 2 atom stereocenters. The number of rotatable bonds is 4. The number of nitrogens with one attached hydrogen (secondary N) is 1. The highest BCUT2D eigenvalue weighted by Gasteiger charge is 2.27. The van der Waals surface area contributed by atoms with Gasteiger partial charge in [-0.1, -0.05) is 18.9 Å². The Morgan fingerprint density at radius 1 is 1.28 bits per heavy atom. The number of aliphatic hydroxyl groups excluding tert-OH is 1. The fourth-order valence-corrected chi connectivity index (χ4v) is 3.91. The third-order valence-electron chi connectivity index (χ3n) is 5.52. The van der Waals surface area contributed by atoms with Crippen molar-refractivity contribution >= 4 is 11.8 Å². The van der Waals surface area contributed by atoms with Crippen molar-refractivity contribution in [2.75, 3.05) is 31.6 Å². The van der Waals surface area contributed by atoms with Crippen LogP contribution >= 0.6 is 0 Å². The van der Waals surface area contributed by atoms with E-state index in [1.54, 1.807) is 4.90 Å². The number of carbonyl (C=O) groups excluding carboxylic acids is 1. The van der Waals surface area contributed by atoms with Crippen molar-refractivity contribution in [3.63, 3.8) is 0 Å². The first-order valence-corrected chi connectivity index (χ1v) is 9.49. The summed E-state index contributed by atoms with van der Waals surface area (Å²) >= 11 is 0. The molecule has 2 N–H and O–H groups in total. The Balaban J connectivity index is 1.42. The maximum atomic E-state index is 12.5. The molecule has 2 amide bonds. The molecule has 6 nitrogen and oxygen atoms in total. The van der Waals surface area contributed by atoms with Crippen LogP contribution in [-0.4, -0.2) is 59.8 Å². The standard InChI is InChI=1S/C19H30N4O2/c1-22(14-15-6-2-3-7-17(15)24)19(25)21-16-9-12-23(13-10-16)18-8-4-5-11-20-18/h4-5,8,11,15-17,24H,2-3,6-7,9-10,12-14H2,1H3,(H,21,25). The van der Waals surface area contributed by atoms with Gasteiger partial charge in [0.15, 0.2) is 0 Å². The number of piperidine rings is 1. The van der Waals surface area contributed by atoms with Gasteiger partial charge in [0.05, 0.1) is 6.10 Å². The minimum Gasteiger partial charge on any atom is -0.393 e. The largest absolute Gasteiger partial charge is 0.393 e. The number of hydrogen-bond donors (Lipinski definition) is 2. The molecule has 1 saturated carbocycles. The molecule has 0 aromatic carbocycles. The zero-order valence-electron chi connectivity index (χ0n) is 15.1. The smallest absolute Gasteiger partial charge is 0.317 e. The van der Waals surface area contributed by atoms with Gasteiger partial charge in [-0.25, -0.2) is 9.78 Å². The van der Waals surface area contributed by atoms with Crippen molar-refractivity contribution in [3.8, 4) is 0 Å². The third-order valence-corrected chi connectivity index (χ3v) is 5.52. The van der Waals surface area contributed by atoms with Gasteiger partial charge in [0, 0.05) is 44.8 Å². The predicted molar refractivity (Wildman–Crippen MR) is 98.6 cm³/mol. The lowest BCUT2D eigenvalue weighted by atomic mass is 9.86. The monoisotopic (exact) mass is 346 g/mol. The van der Waals surface area contributed by atoms with Crippen molar-refractivity contribution in [1.82, 2.24) is 15.2 Å². The SMILES string of the molecule is CN(CC1CCCCC1O)C(=O)NC1CCN(c2ccccn2)CC1. The summed E-state index contributed by atoms with van der Waals surface area (Å²) in [4.78, 5) is 20.9. The minimum absolute atomic E-state index is 0.0194. The van der Waals surface area contributed by atoms with Gasteiger partial charge >= 0.3 is 6.03 Å². The summed E-state index contributed by atoms with van der Waals surface area (Å²) < 4.78 is 0. The molecular weight excluding hydrogens is 316 g/mol. The van der Waals surface area contributed by atoms with Gasteiger partial charge in [-0.3, -0.25) is 0 Å². The number of hydrogen-bond acceptors (Lipinski definition) is 4. The van der Waals surface area contributed by atoms with Gasteiger partial charge in [0.1, 0.15) is 5.82 Å². The van der Waals surface area contributed by atoms with Gasteiger partial charge in [0.2, 0.25) is 0 Å². The van der Waals surface area contributed by atoms with Crippen LogP contribution < -0.4 is 10.2 Å². The topological polar surface area (TPSA) is 68.7 Å². The molecule has 1 aromatic heterocycles. The Bertz CT molecular complexity index is 546. The molecule has 2 aliphatic rings. The molecule has 2 fully saturated rings. The van der Waals surface area contributed by atoms with E-state index in [1.807, 2.05) is 31.4 Å². The molecule has 1 saturated heterocycles.